The van der Waals surface area contributed by atoms with Gasteiger partial charge in [-0.2, -0.15) is 0 Å². The minimum absolute atomic E-state index is 0.0163. The highest BCUT2D eigenvalue weighted by molar-refractivity contribution is 5.90. The highest BCUT2D eigenvalue weighted by Crippen LogP contribution is 2.43. The van der Waals surface area contributed by atoms with Gasteiger partial charge in [-0.1, -0.05) is 6.92 Å². The summed E-state index contributed by atoms with van der Waals surface area (Å²) in [5.41, 5.74) is 2.85. The van der Waals surface area contributed by atoms with Crippen LogP contribution in [0.2, 0.25) is 0 Å². The summed E-state index contributed by atoms with van der Waals surface area (Å²) in [7, 11) is 4.74. The summed E-state index contributed by atoms with van der Waals surface area (Å²) in [6, 6.07) is 8.65. The molecular formula is C30H37N5O7. The average molecular weight is 580 g/mol. The monoisotopic (exact) mass is 579 g/mol. The molecule has 1 amide bonds. The summed E-state index contributed by atoms with van der Waals surface area (Å²) >= 11 is 0. The van der Waals surface area contributed by atoms with Gasteiger partial charge in [0.2, 0.25) is 11.8 Å². The van der Waals surface area contributed by atoms with Crippen LogP contribution < -0.4 is 24.0 Å². The van der Waals surface area contributed by atoms with Gasteiger partial charge in [-0.15, -0.1) is 0 Å². The molecule has 0 aliphatic carbocycles. The summed E-state index contributed by atoms with van der Waals surface area (Å²) < 4.78 is 21.9. The molecule has 0 spiro atoms. The van der Waals surface area contributed by atoms with Crippen LogP contribution in [0.15, 0.2) is 42.7 Å². The smallest absolute Gasteiger partial charge is 0.414 e. The molecular weight excluding hydrogens is 542 g/mol. The molecule has 12 nitrogen and oxygen atoms in total. The molecule has 3 aromatic rings. The normalized spacial score (nSPS) is 15.9. The highest BCUT2D eigenvalue weighted by atomic mass is 16.6. The third kappa shape index (κ3) is 6.81. The first-order valence-electron chi connectivity index (χ1n) is 13.8. The number of hydrogen-bond donors (Lipinski definition) is 1. The van der Waals surface area contributed by atoms with Crippen LogP contribution in [0, 0.1) is 0 Å². The van der Waals surface area contributed by atoms with Crippen molar-refractivity contribution in [1.82, 2.24) is 15.0 Å². The Hall–Kier alpha value is -4.61. The van der Waals surface area contributed by atoms with E-state index >= 15 is 0 Å². The van der Waals surface area contributed by atoms with Crippen molar-refractivity contribution in [3.05, 3.63) is 59.5 Å². The SMILES string of the molecule is CCOC(=O)N1c2ccc(OC)nc2[C@@H](N(Cc2cc(OC)cc(OC)c2)c2ncc(CCC(=O)O)cn2)C[C@H]1CC. The summed E-state index contributed by atoms with van der Waals surface area (Å²) in [5, 5.41) is 9.09. The second-order valence-electron chi connectivity index (χ2n) is 9.77. The summed E-state index contributed by atoms with van der Waals surface area (Å²) in [6.45, 7) is 4.42. The van der Waals surface area contributed by atoms with Gasteiger partial charge in [-0.05, 0) is 55.5 Å². The van der Waals surface area contributed by atoms with E-state index in [1.54, 1.807) is 57.7 Å². The van der Waals surface area contributed by atoms with E-state index < -0.39 is 12.1 Å². The Kier molecular flexibility index (Phi) is 10.00. The fraction of sp³-hybridized carbons (Fsp3) is 0.433. The lowest BCUT2D eigenvalue weighted by Gasteiger charge is -2.43. The van der Waals surface area contributed by atoms with Crippen molar-refractivity contribution in [3.63, 3.8) is 0 Å². The second kappa shape index (κ2) is 13.8. The van der Waals surface area contributed by atoms with E-state index in [0.717, 1.165) is 5.56 Å². The van der Waals surface area contributed by atoms with Gasteiger partial charge < -0.3 is 29.0 Å². The largest absolute Gasteiger partial charge is 0.497 e. The molecule has 0 unspecified atom stereocenters. The molecule has 2 atom stereocenters. The first-order chi connectivity index (χ1) is 20.3. The fourth-order valence-electron chi connectivity index (χ4n) is 5.10. The van der Waals surface area contributed by atoms with Crippen LogP contribution in [-0.4, -0.2) is 66.1 Å². The molecule has 0 bridgehead atoms. The zero-order valence-electron chi connectivity index (χ0n) is 24.6. The number of carbonyl (C=O) groups excluding carboxylic acids is 1. The lowest BCUT2D eigenvalue weighted by molar-refractivity contribution is -0.136. The van der Waals surface area contributed by atoms with Crippen LogP contribution in [0.3, 0.4) is 0 Å². The number of aromatic nitrogens is 3. The molecule has 2 aromatic heterocycles. The number of aryl methyl sites for hydroxylation is 1. The molecule has 1 N–H and O–H groups in total. The number of carboxylic acids is 1. The van der Waals surface area contributed by atoms with E-state index in [4.69, 9.17) is 29.0 Å². The summed E-state index contributed by atoms with van der Waals surface area (Å²) in [5.74, 6) is 1.22. The number of hydrogen-bond acceptors (Lipinski definition) is 10. The van der Waals surface area contributed by atoms with E-state index in [1.165, 1.54) is 0 Å². The number of rotatable bonds is 12. The zero-order valence-corrected chi connectivity index (χ0v) is 24.6. The lowest BCUT2D eigenvalue weighted by atomic mass is 9.92. The highest BCUT2D eigenvalue weighted by Gasteiger charge is 2.40. The van der Waals surface area contributed by atoms with Crippen molar-refractivity contribution < 1.29 is 33.6 Å². The maximum absolute atomic E-state index is 13.1. The molecule has 42 heavy (non-hydrogen) atoms. The van der Waals surface area contributed by atoms with Crippen LogP contribution in [0.4, 0.5) is 16.4 Å². The number of aliphatic carboxylic acids is 1. The standard InChI is InChI=1S/C30H37N5O7/c1-6-21-14-25(28-24(9-10-26(33-28)41-5)35(21)30(38)42-7-2)34(18-20-12-22(39-3)15-23(13-20)40-4)29-31-16-19(17-32-29)8-11-27(36)37/h9-10,12-13,15-17,21,25H,6-8,11,14,18H2,1-5H3,(H,36,37)/t21-,25+/m1/s1. The van der Waals surface area contributed by atoms with E-state index in [1.807, 2.05) is 30.0 Å². The number of fused-ring (bicyclic) bond motifs is 1. The van der Waals surface area contributed by atoms with Gasteiger partial charge in [-0.25, -0.2) is 19.7 Å². The third-order valence-corrected chi connectivity index (χ3v) is 7.17. The molecule has 0 saturated heterocycles. The molecule has 1 aromatic carbocycles. The Labute approximate surface area is 245 Å². The van der Waals surface area contributed by atoms with E-state index in [0.29, 0.717) is 66.1 Å². The topological polar surface area (TPSA) is 136 Å². The third-order valence-electron chi connectivity index (χ3n) is 7.17. The van der Waals surface area contributed by atoms with Gasteiger partial charge in [0.05, 0.1) is 45.4 Å². The van der Waals surface area contributed by atoms with Crippen molar-refractivity contribution in [2.24, 2.45) is 0 Å². The first kappa shape index (κ1) is 30.4. The lowest BCUT2D eigenvalue weighted by Crippen LogP contribution is -2.48. The fourth-order valence-corrected chi connectivity index (χ4v) is 5.10. The van der Waals surface area contributed by atoms with Crippen molar-refractivity contribution in [2.45, 2.75) is 58.2 Å². The van der Waals surface area contributed by atoms with Gasteiger partial charge in [0, 0.05) is 43.5 Å². The molecule has 1 aliphatic rings. The Bertz CT molecular complexity index is 1360. The second-order valence-corrected chi connectivity index (χ2v) is 9.77. The molecule has 0 radical (unpaired) electrons. The number of amides is 1. The van der Waals surface area contributed by atoms with Gasteiger partial charge in [0.15, 0.2) is 0 Å². The number of carbonyl (C=O) groups is 2. The van der Waals surface area contributed by atoms with E-state index in [-0.39, 0.29) is 25.1 Å². The maximum Gasteiger partial charge on any atom is 0.414 e. The molecule has 12 heteroatoms. The predicted octanol–water partition coefficient (Wildman–Crippen LogP) is 4.81. The minimum atomic E-state index is -0.886. The van der Waals surface area contributed by atoms with E-state index in [2.05, 4.69) is 9.97 Å². The van der Waals surface area contributed by atoms with Crippen LogP contribution in [0.1, 0.15) is 56.0 Å². The van der Waals surface area contributed by atoms with Crippen molar-refractivity contribution >= 4 is 23.7 Å². The summed E-state index contributed by atoms with van der Waals surface area (Å²) in [4.78, 5) is 42.1. The van der Waals surface area contributed by atoms with Crippen molar-refractivity contribution in [1.29, 1.82) is 0 Å². The van der Waals surface area contributed by atoms with Gasteiger partial charge in [0.1, 0.15) is 11.5 Å². The zero-order chi connectivity index (χ0) is 30.2. The number of methoxy groups -OCH3 is 3. The Morgan fingerprint density at radius 2 is 1.69 bits per heavy atom. The van der Waals surface area contributed by atoms with Gasteiger partial charge in [-0.3, -0.25) is 9.69 Å². The average Bonchev–Trinajstić information content (AvgIpc) is 3.01. The molecule has 4 rings (SSSR count). The van der Waals surface area contributed by atoms with Crippen LogP contribution in [0.25, 0.3) is 0 Å². The maximum atomic E-state index is 13.1. The Balaban J connectivity index is 1.84. The molecule has 3 heterocycles. The minimum Gasteiger partial charge on any atom is -0.497 e. The number of carboxylic acid groups (broad SMARTS) is 1. The van der Waals surface area contributed by atoms with Crippen molar-refractivity contribution in [2.75, 3.05) is 37.7 Å². The molecule has 0 saturated carbocycles. The molecule has 1 aliphatic heterocycles. The van der Waals surface area contributed by atoms with Crippen LogP contribution >= 0.6 is 0 Å². The number of ether oxygens (including phenoxy) is 4. The van der Waals surface area contributed by atoms with Crippen molar-refractivity contribution in [3.8, 4) is 17.4 Å². The van der Waals surface area contributed by atoms with E-state index in [9.17, 15) is 9.59 Å². The predicted molar refractivity (Wildman–Crippen MR) is 155 cm³/mol. The molecule has 224 valence electrons. The first-order valence-corrected chi connectivity index (χ1v) is 13.8. The Morgan fingerprint density at radius 3 is 2.26 bits per heavy atom. The number of nitrogens with zero attached hydrogens (tertiary/aromatic N) is 5. The van der Waals surface area contributed by atoms with Gasteiger partial charge in [0.25, 0.3) is 0 Å². The summed E-state index contributed by atoms with van der Waals surface area (Å²) in [6.07, 6.45) is 4.37. The number of anilines is 2. The van der Waals surface area contributed by atoms with Crippen LogP contribution in [0.5, 0.6) is 17.4 Å². The number of pyridine rings is 1. The van der Waals surface area contributed by atoms with Crippen LogP contribution in [-0.2, 0) is 22.5 Å². The quantitative estimate of drug-likeness (QED) is 0.317. The van der Waals surface area contributed by atoms with Gasteiger partial charge >= 0.3 is 12.1 Å². The molecule has 0 fully saturated rings. The Morgan fingerprint density at radius 1 is 1.00 bits per heavy atom. The number of benzene rings is 1.